The summed E-state index contributed by atoms with van der Waals surface area (Å²) < 4.78 is 40.5. The molecule has 0 atom stereocenters. The van der Waals surface area contributed by atoms with Crippen LogP contribution in [-0.4, -0.2) is 16.8 Å². The summed E-state index contributed by atoms with van der Waals surface area (Å²) in [4.78, 5) is 0. The van der Waals surface area contributed by atoms with Gasteiger partial charge in [-0.25, -0.2) is 0 Å². The number of aromatic nitrogens is 2. The van der Waals surface area contributed by atoms with Crippen LogP contribution in [0.4, 0.5) is 12.9 Å². The Morgan fingerprint density at radius 2 is 1.64 bits per heavy atom. The van der Waals surface area contributed by atoms with Crippen LogP contribution in [0.5, 0.6) is 0 Å². The molecular weight excluding hydrogens is 315 g/mol. The molecule has 0 aliphatic heterocycles. The average Bonchev–Trinajstić information content (AvgIpc) is 2.67. The van der Waals surface area contributed by atoms with Gasteiger partial charge in [-0.2, -0.15) is 5.10 Å². The van der Waals surface area contributed by atoms with Gasteiger partial charge in [0, 0.05) is 12.2 Å². The summed E-state index contributed by atoms with van der Waals surface area (Å²) >= 11 is 0. The van der Waals surface area contributed by atoms with Gasteiger partial charge in [0.05, 0.1) is 0 Å². The fourth-order valence-electron chi connectivity index (χ4n) is 5.76. The van der Waals surface area contributed by atoms with Gasteiger partial charge < -0.3 is 12.9 Å². The van der Waals surface area contributed by atoms with E-state index in [9.17, 15) is 12.9 Å². The van der Waals surface area contributed by atoms with Crippen LogP contribution in [-0.2, 0) is 6.54 Å². The molecule has 4 aliphatic rings. The maximum atomic E-state index is 13.0. The summed E-state index contributed by atoms with van der Waals surface area (Å²) in [5.41, 5.74) is -0.157. The minimum atomic E-state index is -4.94. The molecule has 0 amide bonds. The number of aryl methyl sites for hydroxylation is 1. The van der Waals surface area contributed by atoms with Crippen LogP contribution >= 0.6 is 0 Å². The molecule has 0 spiro atoms. The molecule has 0 saturated heterocycles. The molecule has 4 saturated carbocycles. The van der Waals surface area contributed by atoms with E-state index in [0.717, 1.165) is 17.8 Å². The molecule has 4 aliphatic carbocycles. The molecule has 5 rings (SSSR count). The third kappa shape index (κ3) is 3.13. The van der Waals surface area contributed by atoms with Crippen molar-refractivity contribution in [2.75, 3.05) is 0 Å². The van der Waals surface area contributed by atoms with Gasteiger partial charge in [-0.1, -0.05) is 5.46 Å². The number of hydrogen-bond donors (Lipinski definition) is 0. The zero-order chi connectivity index (χ0) is 14.8. The first-order valence-electron chi connectivity index (χ1n) is 8.07. The minimum Gasteiger partial charge on any atom is -0.445 e. The van der Waals surface area contributed by atoms with Crippen molar-refractivity contribution in [1.29, 1.82) is 0 Å². The van der Waals surface area contributed by atoms with Crippen molar-refractivity contribution in [3.63, 3.8) is 0 Å². The summed E-state index contributed by atoms with van der Waals surface area (Å²) in [5.74, 6) is 2.46. The topological polar surface area (TPSA) is 17.8 Å². The van der Waals surface area contributed by atoms with Crippen LogP contribution in [0, 0.1) is 30.1 Å². The van der Waals surface area contributed by atoms with Gasteiger partial charge >= 0.3 is 58.4 Å². The molecule has 116 valence electrons. The van der Waals surface area contributed by atoms with E-state index >= 15 is 0 Å². The van der Waals surface area contributed by atoms with Crippen LogP contribution in [0.3, 0.4) is 0 Å². The minimum absolute atomic E-state index is 0. The molecule has 1 heterocycles. The molecule has 1 aromatic heterocycles. The van der Waals surface area contributed by atoms with E-state index in [4.69, 9.17) is 0 Å². The maximum absolute atomic E-state index is 13.0. The molecular formula is C15H21BF3KN2. The number of halogens is 3. The Bertz CT molecular complexity index is 534. The number of hydrogen-bond acceptors (Lipinski definition) is 1. The number of nitrogens with zero attached hydrogens (tertiary/aromatic N) is 2. The Labute approximate surface area is 172 Å². The van der Waals surface area contributed by atoms with Gasteiger partial charge in [0.1, 0.15) is 0 Å². The largest absolute Gasteiger partial charge is 1.00 e. The van der Waals surface area contributed by atoms with Crippen LogP contribution < -0.4 is 56.8 Å². The summed E-state index contributed by atoms with van der Waals surface area (Å²) in [5, 5.41) is 4.17. The summed E-state index contributed by atoms with van der Waals surface area (Å²) in [6.07, 6.45) is 8.91. The fourth-order valence-corrected chi connectivity index (χ4v) is 5.76. The molecule has 22 heavy (non-hydrogen) atoms. The van der Waals surface area contributed by atoms with E-state index < -0.39 is 12.4 Å². The van der Waals surface area contributed by atoms with Crippen LogP contribution in [0.2, 0.25) is 0 Å². The second kappa shape index (κ2) is 5.90. The van der Waals surface area contributed by atoms with E-state index in [-0.39, 0.29) is 62.5 Å². The van der Waals surface area contributed by atoms with E-state index in [1.165, 1.54) is 51.6 Å². The van der Waals surface area contributed by atoms with Crippen molar-refractivity contribution in [3.8, 4) is 0 Å². The van der Waals surface area contributed by atoms with E-state index in [0.29, 0.717) is 6.54 Å². The second-order valence-electron chi connectivity index (χ2n) is 7.86. The molecule has 4 bridgehead atoms. The first-order chi connectivity index (χ1) is 9.83. The zero-order valence-electron chi connectivity index (χ0n) is 13.4. The standard InChI is InChI=1S/C15H21BF3N2.K/c1-10-14(16(17,18)19)8-21(20-10)9-15-5-11-2-12(6-15)4-13(3-11)7-15;/h8,11-13H,2-7,9H2,1H3;/q-1;+1. The first-order valence-corrected chi connectivity index (χ1v) is 8.07. The zero-order valence-corrected chi connectivity index (χ0v) is 16.5. The Kier molecular flexibility index (Phi) is 4.70. The Hall–Kier alpha value is 0.701. The second-order valence-corrected chi connectivity index (χ2v) is 7.86. The van der Waals surface area contributed by atoms with Crippen molar-refractivity contribution >= 4 is 12.4 Å². The molecule has 0 radical (unpaired) electrons. The maximum Gasteiger partial charge on any atom is 1.00 e. The van der Waals surface area contributed by atoms with E-state index in [2.05, 4.69) is 5.10 Å². The first kappa shape index (κ1) is 17.5. The third-order valence-corrected chi connectivity index (χ3v) is 6.00. The quantitative estimate of drug-likeness (QED) is 0.734. The SMILES string of the molecule is Cc1nn(CC23CC4CC(CC(C4)C2)C3)cc1[B-](F)(F)F.[K+]. The molecule has 0 unspecified atom stereocenters. The molecule has 2 nitrogen and oxygen atoms in total. The summed E-state index contributed by atoms with van der Waals surface area (Å²) in [7, 11) is 0. The average molecular weight is 336 g/mol. The van der Waals surface area contributed by atoms with Gasteiger partial charge in [0.15, 0.2) is 0 Å². The van der Waals surface area contributed by atoms with Gasteiger partial charge in [0.25, 0.3) is 0 Å². The van der Waals surface area contributed by atoms with E-state index in [1.807, 2.05) is 0 Å². The van der Waals surface area contributed by atoms with Gasteiger partial charge in [-0.15, -0.1) is 0 Å². The molecule has 0 aromatic carbocycles. The summed E-state index contributed by atoms with van der Waals surface area (Å²) in [6, 6.07) is 0. The monoisotopic (exact) mass is 336 g/mol. The van der Waals surface area contributed by atoms with E-state index in [1.54, 1.807) is 4.68 Å². The predicted octanol–water partition coefficient (Wildman–Crippen LogP) is 0.466. The van der Waals surface area contributed by atoms with Crippen LogP contribution in [0.15, 0.2) is 6.20 Å². The van der Waals surface area contributed by atoms with Gasteiger partial charge in [0.2, 0.25) is 0 Å². The smallest absolute Gasteiger partial charge is 0.445 e. The van der Waals surface area contributed by atoms with Crippen molar-refractivity contribution in [3.05, 3.63) is 11.9 Å². The number of rotatable bonds is 3. The van der Waals surface area contributed by atoms with Crippen molar-refractivity contribution in [2.45, 2.75) is 52.0 Å². The molecule has 1 aromatic rings. The molecule has 4 fully saturated rings. The Morgan fingerprint density at radius 3 is 2.05 bits per heavy atom. The van der Waals surface area contributed by atoms with Crippen LogP contribution in [0.1, 0.15) is 44.2 Å². The van der Waals surface area contributed by atoms with Crippen molar-refractivity contribution < 1.29 is 64.3 Å². The third-order valence-electron chi connectivity index (χ3n) is 6.00. The Morgan fingerprint density at radius 1 is 1.14 bits per heavy atom. The van der Waals surface area contributed by atoms with Gasteiger partial charge in [-0.3, -0.25) is 4.68 Å². The Balaban J connectivity index is 0.00000144. The van der Waals surface area contributed by atoms with Crippen molar-refractivity contribution in [1.82, 2.24) is 9.78 Å². The molecule has 0 N–H and O–H groups in total. The summed E-state index contributed by atoms with van der Waals surface area (Å²) in [6.45, 7) is -2.79. The molecule has 7 heteroatoms. The van der Waals surface area contributed by atoms with Crippen LogP contribution in [0.25, 0.3) is 0 Å². The fraction of sp³-hybridized carbons (Fsp3) is 0.800. The predicted molar refractivity (Wildman–Crippen MR) is 76.3 cm³/mol. The van der Waals surface area contributed by atoms with Crippen molar-refractivity contribution in [2.24, 2.45) is 23.2 Å². The normalized spacial score (nSPS) is 36.5. The van der Waals surface area contributed by atoms with Gasteiger partial charge in [-0.05, 0) is 74.8 Å².